The quantitative estimate of drug-likeness (QED) is 0.823. The SMILES string of the molecule is CCN(C)C1CCN(C(=O)c2cccc(N3CCCS3(=O)=O)c2)C1. The number of carbonyl (C=O) groups excluding carboxylic acids is 1. The maximum Gasteiger partial charge on any atom is 0.253 e. The Morgan fingerprint density at radius 2 is 2.12 bits per heavy atom. The Kier molecular flexibility index (Phi) is 4.83. The Labute approximate surface area is 144 Å². The fraction of sp³-hybridized carbons (Fsp3) is 0.588. The van der Waals surface area contributed by atoms with E-state index in [1.54, 1.807) is 24.3 Å². The Bertz CT molecular complexity index is 720. The molecule has 0 spiro atoms. The summed E-state index contributed by atoms with van der Waals surface area (Å²) in [6.45, 7) is 5.06. The van der Waals surface area contributed by atoms with Crippen LogP contribution in [-0.2, 0) is 10.0 Å². The lowest BCUT2D eigenvalue weighted by Gasteiger charge is -2.23. The van der Waals surface area contributed by atoms with Crippen molar-refractivity contribution in [1.29, 1.82) is 0 Å². The molecule has 0 saturated carbocycles. The lowest BCUT2D eigenvalue weighted by atomic mass is 10.1. The molecule has 0 bridgehead atoms. The summed E-state index contributed by atoms with van der Waals surface area (Å²) in [5.41, 5.74) is 1.16. The van der Waals surface area contributed by atoms with Crippen LogP contribution in [0.15, 0.2) is 24.3 Å². The van der Waals surface area contributed by atoms with Crippen molar-refractivity contribution in [2.45, 2.75) is 25.8 Å². The van der Waals surface area contributed by atoms with Gasteiger partial charge in [0.1, 0.15) is 0 Å². The first kappa shape index (κ1) is 17.2. The van der Waals surface area contributed by atoms with Crippen LogP contribution in [0.3, 0.4) is 0 Å². The first-order valence-electron chi connectivity index (χ1n) is 8.52. The number of sulfonamides is 1. The Morgan fingerprint density at radius 3 is 2.79 bits per heavy atom. The van der Waals surface area contributed by atoms with E-state index in [2.05, 4.69) is 18.9 Å². The molecule has 0 aromatic heterocycles. The molecule has 0 N–H and O–H groups in total. The molecule has 0 radical (unpaired) electrons. The number of nitrogens with zero attached hydrogens (tertiary/aromatic N) is 3. The van der Waals surface area contributed by atoms with Crippen molar-refractivity contribution >= 4 is 21.6 Å². The van der Waals surface area contributed by atoms with Crippen molar-refractivity contribution in [3.05, 3.63) is 29.8 Å². The summed E-state index contributed by atoms with van der Waals surface area (Å²) in [4.78, 5) is 16.9. The van der Waals surface area contributed by atoms with E-state index < -0.39 is 10.0 Å². The normalized spacial score (nSPS) is 23.2. The maximum atomic E-state index is 12.8. The van der Waals surface area contributed by atoms with Crippen LogP contribution in [0.4, 0.5) is 5.69 Å². The molecule has 2 heterocycles. The summed E-state index contributed by atoms with van der Waals surface area (Å²) in [7, 11) is -1.14. The van der Waals surface area contributed by atoms with Gasteiger partial charge >= 0.3 is 0 Å². The molecule has 1 amide bonds. The average Bonchev–Trinajstić information content (AvgIpc) is 3.20. The molecule has 24 heavy (non-hydrogen) atoms. The van der Waals surface area contributed by atoms with Crippen molar-refractivity contribution in [1.82, 2.24) is 9.80 Å². The van der Waals surface area contributed by atoms with Gasteiger partial charge in [0, 0.05) is 31.2 Å². The molecule has 0 aliphatic carbocycles. The van der Waals surface area contributed by atoms with Crippen LogP contribution in [0, 0.1) is 0 Å². The van der Waals surface area contributed by atoms with Gasteiger partial charge in [0.2, 0.25) is 10.0 Å². The van der Waals surface area contributed by atoms with Gasteiger partial charge in [-0.3, -0.25) is 9.10 Å². The first-order chi connectivity index (χ1) is 11.4. The zero-order valence-corrected chi connectivity index (χ0v) is 15.1. The molecular formula is C17H25N3O3S. The molecule has 2 aliphatic rings. The van der Waals surface area contributed by atoms with Crippen molar-refractivity contribution in [2.24, 2.45) is 0 Å². The van der Waals surface area contributed by atoms with Crippen LogP contribution >= 0.6 is 0 Å². The zero-order chi connectivity index (χ0) is 17.3. The van der Waals surface area contributed by atoms with Crippen LogP contribution in [0.25, 0.3) is 0 Å². The van der Waals surface area contributed by atoms with Crippen LogP contribution in [-0.4, -0.2) is 69.1 Å². The van der Waals surface area contributed by atoms with Gasteiger partial charge in [-0.15, -0.1) is 0 Å². The van der Waals surface area contributed by atoms with E-state index >= 15 is 0 Å². The van der Waals surface area contributed by atoms with Gasteiger partial charge in [-0.05, 0) is 44.6 Å². The molecule has 3 rings (SSSR count). The number of carbonyl (C=O) groups is 1. The standard InChI is InChI=1S/C17H25N3O3S/c1-3-18(2)16-8-10-19(13-16)17(21)14-6-4-7-15(12-14)20-9-5-11-24(20,22)23/h4,6-7,12,16H,3,5,8-11,13H2,1-2H3. The third kappa shape index (κ3) is 3.28. The molecule has 1 atom stereocenters. The van der Waals surface area contributed by atoms with Crippen LogP contribution in [0.1, 0.15) is 30.1 Å². The second-order valence-corrected chi connectivity index (χ2v) is 8.57. The summed E-state index contributed by atoms with van der Waals surface area (Å²) < 4.78 is 25.6. The summed E-state index contributed by atoms with van der Waals surface area (Å²) in [6, 6.07) is 7.41. The highest BCUT2D eigenvalue weighted by Gasteiger charge is 2.31. The molecule has 132 valence electrons. The average molecular weight is 351 g/mol. The summed E-state index contributed by atoms with van der Waals surface area (Å²) in [6.07, 6.45) is 1.62. The van der Waals surface area contributed by atoms with Gasteiger partial charge in [-0.2, -0.15) is 0 Å². The molecular weight excluding hydrogens is 326 g/mol. The molecule has 2 aliphatic heterocycles. The lowest BCUT2D eigenvalue weighted by Crippen LogP contribution is -2.36. The zero-order valence-electron chi connectivity index (χ0n) is 14.3. The smallest absolute Gasteiger partial charge is 0.253 e. The van der Waals surface area contributed by atoms with Gasteiger partial charge in [0.05, 0.1) is 11.4 Å². The number of benzene rings is 1. The van der Waals surface area contributed by atoms with Crippen LogP contribution in [0.2, 0.25) is 0 Å². The number of anilines is 1. The maximum absolute atomic E-state index is 12.8. The van der Waals surface area contributed by atoms with E-state index in [1.807, 2.05) is 4.90 Å². The minimum absolute atomic E-state index is 0.0135. The van der Waals surface area contributed by atoms with Gasteiger partial charge in [0.25, 0.3) is 5.91 Å². The second-order valence-electron chi connectivity index (χ2n) is 6.56. The lowest BCUT2D eigenvalue weighted by molar-refractivity contribution is 0.0781. The molecule has 2 saturated heterocycles. The summed E-state index contributed by atoms with van der Waals surface area (Å²) >= 11 is 0. The monoisotopic (exact) mass is 351 g/mol. The highest BCUT2D eigenvalue weighted by molar-refractivity contribution is 7.93. The van der Waals surface area contributed by atoms with E-state index in [-0.39, 0.29) is 11.7 Å². The highest BCUT2D eigenvalue weighted by Crippen LogP contribution is 2.26. The Hall–Kier alpha value is -1.60. The fourth-order valence-corrected chi connectivity index (χ4v) is 5.01. The fourth-order valence-electron chi connectivity index (χ4n) is 3.45. The van der Waals surface area contributed by atoms with E-state index in [1.165, 1.54) is 4.31 Å². The minimum Gasteiger partial charge on any atom is -0.337 e. The number of hydrogen-bond acceptors (Lipinski definition) is 4. The molecule has 1 aromatic rings. The predicted octanol–water partition coefficient (Wildman–Crippen LogP) is 1.39. The molecule has 1 aromatic carbocycles. The number of amides is 1. The largest absolute Gasteiger partial charge is 0.337 e. The van der Waals surface area contributed by atoms with E-state index in [0.29, 0.717) is 30.3 Å². The van der Waals surface area contributed by atoms with Crippen LogP contribution in [0.5, 0.6) is 0 Å². The number of hydrogen-bond donors (Lipinski definition) is 0. The predicted molar refractivity (Wildman–Crippen MR) is 94.8 cm³/mol. The second kappa shape index (κ2) is 6.72. The third-order valence-corrected chi connectivity index (χ3v) is 6.92. The summed E-state index contributed by atoms with van der Waals surface area (Å²) in [5, 5.41) is 0. The number of rotatable bonds is 4. The van der Waals surface area contributed by atoms with Gasteiger partial charge in [0.15, 0.2) is 0 Å². The Morgan fingerprint density at radius 1 is 1.33 bits per heavy atom. The Balaban J connectivity index is 1.76. The van der Waals surface area contributed by atoms with Crippen molar-refractivity contribution in [3.8, 4) is 0 Å². The van der Waals surface area contributed by atoms with Gasteiger partial charge < -0.3 is 9.80 Å². The van der Waals surface area contributed by atoms with Crippen molar-refractivity contribution in [3.63, 3.8) is 0 Å². The van der Waals surface area contributed by atoms with Gasteiger partial charge in [-0.25, -0.2) is 8.42 Å². The molecule has 1 unspecified atom stereocenters. The number of likely N-dealkylation sites (tertiary alicyclic amines) is 1. The highest BCUT2D eigenvalue weighted by atomic mass is 32.2. The summed E-state index contributed by atoms with van der Waals surface area (Å²) in [5.74, 6) is 0.169. The number of likely N-dealkylation sites (N-methyl/N-ethyl adjacent to an activating group) is 1. The van der Waals surface area contributed by atoms with Gasteiger partial charge in [-0.1, -0.05) is 13.0 Å². The third-order valence-electron chi connectivity index (χ3n) is 5.05. The first-order valence-corrected chi connectivity index (χ1v) is 10.1. The molecule has 2 fully saturated rings. The molecule has 6 nitrogen and oxygen atoms in total. The molecule has 7 heteroatoms. The van der Waals surface area contributed by atoms with Crippen LogP contribution < -0.4 is 4.31 Å². The van der Waals surface area contributed by atoms with E-state index in [9.17, 15) is 13.2 Å². The minimum atomic E-state index is -3.22. The van der Waals surface area contributed by atoms with E-state index in [0.717, 1.165) is 26.1 Å². The van der Waals surface area contributed by atoms with E-state index in [4.69, 9.17) is 0 Å². The van der Waals surface area contributed by atoms with Crippen molar-refractivity contribution < 1.29 is 13.2 Å². The van der Waals surface area contributed by atoms with Crippen molar-refractivity contribution in [2.75, 3.05) is 43.3 Å². The topological polar surface area (TPSA) is 60.9 Å².